The number of nitrogens with one attached hydrogen (secondary N) is 1. The Labute approximate surface area is 201 Å². The van der Waals surface area contributed by atoms with E-state index in [4.69, 9.17) is 4.74 Å². The van der Waals surface area contributed by atoms with Gasteiger partial charge >= 0.3 is 0 Å². The van der Waals surface area contributed by atoms with E-state index in [9.17, 15) is 14.4 Å². The van der Waals surface area contributed by atoms with Crippen LogP contribution < -0.4 is 10.2 Å². The molecule has 2 aliphatic heterocycles. The number of para-hydroxylation sites is 3. The first-order valence-corrected chi connectivity index (χ1v) is 11.8. The Kier molecular flexibility index (Phi) is 6.12. The van der Waals surface area contributed by atoms with E-state index in [2.05, 4.69) is 10.2 Å². The maximum Gasteiger partial charge on any atom is 0.294 e. The van der Waals surface area contributed by atoms with Gasteiger partial charge in [-0.2, -0.15) is 0 Å². The Bertz CT molecular complexity index is 1310. The van der Waals surface area contributed by atoms with Gasteiger partial charge in [0.1, 0.15) is 6.54 Å². The molecule has 2 aromatic carbocycles. The van der Waals surface area contributed by atoms with Crippen molar-refractivity contribution in [1.29, 1.82) is 0 Å². The minimum Gasteiger partial charge on any atom is -0.378 e. The van der Waals surface area contributed by atoms with E-state index in [1.54, 1.807) is 6.08 Å². The maximum absolute atomic E-state index is 13.0. The summed E-state index contributed by atoms with van der Waals surface area (Å²) in [5, 5.41) is 3.41. The summed E-state index contributed by atoms with van der Waals surface area (Å²) in [6.07, 6.45) is 3.65. The highest BCUT2D eigenvalue weighted by Gasteiger charge is 2.36. The van der Waals surface area contributed by atoms with Crippen molar-refractivity contribution < 1.29 is 19.1 Å². The van der Waals surface area contributed by atoms with E-state index in [0.29, 0.717) is 23.8 Å². The number of amides is 3. The average molecular weight is 477 g/mol. The number of anilines is 2. The number of aromatic nitrogens is 1. The number of ether oxygens (including phenoxy) is 1. The van der Waals surface area contributed by atoms with Crippen LogP contribution in [0.25, 0.3) is 17.0 Å². The summed E-state index contributed by atoms with van der Waals surface area (Å²) in [6.45, 7) is 2.38. The van der Waals surface area contributed by atoms with Crippen LogP contribution in [-0.2, 0) is 21.4 Å². The van der Waals surface area contributed by atoms with Crippen LogP contribution in [0.3, 0.4) is 0 Å². The van der Waals surface area contributed by atoms with Crippen molar-refractivity contribution >= 4 is 57.2 Å². The number of carbonyl (C=O) groups is 3. The second-order valence-corrected chi connectivity index (χ2v) is 9.14. The molecule has 0 atom stereocenters. The lowest BCUT2D eigenvalue weighted by molar-refractivity contribution is -0.127. The van der Waals surface area contributed by atoms with Gasteiger partial charge in [0.2, 0.25) is 5.91 Å². The number of imide groups is 1. The quantitative estimate of drug-likeness (QED) is 0.566. The van der Waals surface area contributed by atoms with Crippen molar-refractivity contribution in [3.8, 4) is 0 Å². The zero-order chi connectivity index (χ0) is 23.7. The van der Waals surface area contributed by atoms with Gasteiger partial charge in [0.25, 0.3) is 11.1 Å². The Balaban J connectivity index is 1.31. The Morgan fingerprint density at radius 1 is 1.09 bits per heavy atom. The topological polar surface area (TPSA) is 83.9 Å². The molecule has 2 fully saturated rings. The molecule has 9 heteroatoms. The molecule has 0 saturated carbocycles. The number of hydrogen-bond acceptors (Lipinski definition) is 6. The largest absolute Gasteiger partial charge is 0.378 e. The number of benzene rings is 2. The SMILES string of the molecule is Cn1cc(C=C2SC(=O)N(CC(=O)Nc3ccccc3N3CCOCC3)C2=O)c2ccccc21. The average Bonchev–Trinajstić information content (AvgIpc) is 3.31. The lowest BCUT2D eigenvalue weighted by Crippen LogP contribution is -2.38. The van der Waals surface area contributed by atoms with Gasteiger partial charge < -0.3 is 19.5 Å². The van der Waals surface area contributed by atoms with Gasteiger partial charge in [0, 0.05) is 42.8 Å². The molecule has 0 spiro atoms. The summed E-state index contributed by atoms with van der Waals surface area (Å²) in [5.41, 5.74) is 3.43. The fourth-order valence-corrected chi connectivity index (χ4v) is 5.09. The van der Waals surface area contributed by atoms with Crippen LogP contribution in [0.2, 0.25) is 0 Å². The lowest BCUT2D eigenvalue weighted by atomic mass is 10.1. The molecule has 8 nitrogen and oxygen atoms in total. The van der Waals surface area contributed by atoms with Crippen LogP contribution in [0, 0.1) is 0 Å². The van der Waals surface area contributed by atoms with E-state index in [1.807, 2.05) is 66.3 Å². The first-order valence-electron chi connectivity index (χ1n) is 11.0. The van der Waals surface area contributed by atoms with Gasteiger partial charge in [-0.1, -0.05) is 30.3 Å². The second kappa shape index (κ2) is 9.36. The minimum absolute atomic E-state index is 0.308. The fourth-order valence-electron chi connectivity index (χ4n) is 4.26. The van der Waals surface area contributed by atoms with Gasteiger partial charge in [-0.15, -0.1) is 0 Å². The number of morpholine rings is 1. The molecule has 0 radical (unpaired) electrons. The molecule has 34 heavy (non-hydrogen) atoms. The molecule has 0 aliphatic carbocycles. The summed E-state index contributed by atoms with van der Waals surface area (Å²) < 4.78 is 7.39. The molecule has 2 saturated heterocycles. The van der Waals surface area contributed by atoms with Crippen LogP contribution in [0.15, 0.2) is 59.6 Å². The van der Waals surface area contributed by atoms with E-state index in [-0.39, 0.29) is 6.54 Å². The molecule has 2 aliphatic rings. The molecular weight excluding hydrogens is 452 g/mol. The highest BCUT2D eigenvalue weighted by molar-refractivity contribution is 8.18. The monoisotopic (exact) mass is 476 g/mol. The van der Waals surface area contributed by atoms with E-state index in [0.717, 1.165) is 51.9 Å². The number of carbonyl (C=O) groups excluding carboxylic acids is 3. The predicted octanol–water partition coefficient (Wildman–Crippen LogP) is 3.69. The van der Waals surface area contributed by atoms with Crippen LogP contribution in [0.5, 0.6) is 0 Å². The molecule has 3 amide bonds. The zero-order valence-electron chi connectivity index (χ0n) is 18.7. The van der Waals surface area contributed by atoms with E-state index >= 15 is 0 Å². The number of rotatable bonds is 5. The number of aryl methyl sites for hydroxylation is 1. The molecule has 5 rings (SSSR count). The fraction of sp³-hybridized carbons (Fsp3) is 0.240. The number of thioether (sulfide) groups is 1. The zero-order valence-corrected chi connectivity index (χ0v) is 19.5. The molecule has 3 aromatic rings. The van der Waals surface area contributed by atoms with E-state index < -0.39 is 17.1 Å². The van der Waals surface area contributed by atoms with Crippen LogP contribution in [0.1, 0.15) is 5.56 Å². The third kappa shape index (κ3) is 4.32. The van der Waals surface area contributed by atoms with Crippen molar-refractivity contribution in [1.82, 2.24) is 9.47 Å². The molecule has 174 valence electrons. The van der Waals surface area contributed by atoms with Crippen LogP contribution in [0.4, 0.5) is 16.2 Å². The first-order chi connectivity index (χ1) is 16.5. The Morgan fingerprint density at radius 3 is 2.65 bits per heavy atom. The van der Waals surface area contributed by atoms with Gasteiger partial charge in [0.15, 0.2) is 0 Å². The third-order valence-electron chi connectivity index (χ3n) is 5.92. The molecule has 1 N–H and O–H groups in total. The highest BCUT2D eigenvalue weighted by atomic mass is 32.2. The number of nitrogens with zero attached hydrogens (tertiary/aromatic N) is 3. The lowest BCUT2D eigenvalue weighted by Gasteiger charge is -2.30. The standard InChI is InChI=1S/C25H24N4O4S/c1-27-15-17(18-6-2-4-8-20(18)27)14-22-24(31)29(25(32)34-22)16-23(30)26-19-7-3-5-9-21(19)28-10-12-33-13-11-28/h2-9,14-15H,10-13,16H2,1H3,(H,26,30). The van der Waals surface area contributed by atoms with E-state index in [1.165, 1.54) is 0 Å². The van der Waals surface area contributed by atoms with Crippen LogP contribution >= 0.6 is 11.8 Å². The summed E-state index contributed by atoms with van der Waals surface area (Å²) in [7, 11) is 1.94. The summed E-state index contributed by atoms with van der Waals surface area (Å²) in [4.78, 5) is 41.8. The first kappa shape index (κ1) is 22.2. The maximum atomic E-state index is 13.0. The van der Waals surface area contributed by atoms with Crippen molar-refractivity contribution in [2.75, 3.05) is 43.1 Å². The van der Waals surface area contributed by atoms with Crippen molar-refractivity contribution in [2.24, 2.45) is 7.05 Å². The Morgan fingerprint density at radius 2 is 1.82 bits per heavy atom. The second-order valence-electron chi connectivity index (χ2n) is 8.15. The summed E-state index contributed by atoms with van der Waals surface area (Å²) >= 11 is 0.856. The molecule has 3 heterocycles. The highest BCUT2D eigenvalue weighted by Crippen LogP contribution is 2.34. The third-order valence-corrected chi connectivity index (χ3v) is 6.83. The normalized spacial score (nSPS) is 17.7. The van der Waals surface area contributed by atoms with Gasteiger partial charge in [0.05, 0.1) is 29.5 Å². The summed E-state index contributed by atoms with van der Waals surface area (Å²) in [5.74, 6) is -0.881. The smallest absolute Gasteiger partial charge is 0.294 e. The molecule has 0 unspecified atom stereocenters. The van der Waals surface area contributed by atoms with Crippen LogP contribution in [-0.4, -0.2) is 59.4 Å². The van der Waals surface area contributed by atoms with Gasteiger partial charge in [-0.3, -0.25) is 19.3 Å². The van der Waals surface area contributed by atoms with Gasteiger partial charge in [-0.05, 0) is 36.0 Å². The van der Waals surface area contributed by atoms with Crippen molar-refractivity contribution in [3.05, 3.63) is 65.2 Å². The molecule has 1 aromatic heterocycles. The minimum atomic E-state index is -0.459. The number of hydrogen-bond donors (Lipinski definition) is 1. The predicted molar refractivity (Wildman–Crippen MR) is 134 cm³/mol. The molecular formula is C25H24N4O4S. The van der Waals surface area contributed by atoms with Crippen molar-refractivity contribution in [3.63, 3.8) is 0 Å². The van der Waals surface area contributed by atoms with Gasteiger partial charge in [-0.25, -0.2) is 0 Å². The Hall–Kier alpha value is -3.56. The molecule has 0 bridgehead atoms. The van der Waals surface area contributed by atoms with Crippen molar-refractivity contribution in [2.45, 2.75) is 0 Å². The summed E-state index contributed by atoms with van der Waals surface area (Å²) in [6, 6.07) is 15.4. The number of fused-ring (bicyclic) bond motifs is 1.